The minimum atomic E-state index is -0.342. The van der Waals surface area contributed by atoms with Gasteiger partial charge in [0, 0.05) is 43.1 Å². The summed E-state index contributed by atoms with van der Waals surface area (Å²) >= 11 is 14.4. The number of hydrogen-bond donors (Lipinski definition) is 0. The van der Waals surface area contributed by atoms with Crippen molar-refractivity contribution in [1.29, 1.82) is 0 Å². The van der Waals surface area contributed by atoms with Crippen molar-refractivity contribution >= 4 is 40.2 Å². The fourth-order valence-corrected chi connectivity index (χ4v) is 4.66. The van der Waals surface area contributed by atoms with Crippen LogP contribution in [0.2, 0.25) is 10.0 Å². The summed E-state index contributed by atoms with van der Waals surface area (Å²) in [6.45, 7) is 8.22. The van der Waals surface area contributed by atoms with Crippen LogP contribution in [-0.2, 0) is 13.0 Å². The summed E-state index contributed by atoms with van der Waals surface area (Å²) in [6, 6.07) is 5.40. The van der Waals surface area contributed by atoms with Crippen LogP contribution in [-0.4, -0.2) is 45.8 Å². The second kappa shape index (κ2) is 9.06. The first-order valence-electron chi connectivity index (χ1n) is 9.91. The third-order valence-electron chi connectivity index (χ3n) is 5.30. The van der Waals surface area contributed by atoms with E-state index in [1.54, 1.807) is 23.6 Å². The van der Waals surface area contributed by atoms with Crippen LogP contribution in [0.15, 0.2) is 34.6 Å². The summed E-state index contributed by atoms with van der Waals surface area (Å²) in [6.07, 6.45) is 2.64. The molecule has 0 bridgehead atoms. The van der Waals surface area contributed by atoms with Gasteiger partial charge in [-0.25, -0.2) is 4.98 Å². The van der Waals surface area contributed by atoms with Crippen LogP contribution >= 0.6 is 34.5 Å². The Kier molecular flexibility index (Phi) is 6.43. The van der Waals surface area contributed by atoms with Gasteiger partial charge >= 0.3 is 0 Å². The van der Waals surface area contributed by atoms with Crippen molar-refractivity contribution in [3.63, 3.8) is 0 Å². The predicted molar refractivity (Wildman–Crippen MR) is 124 cm³/mol. The van der Waals surface area contributed by atoms with Crippen LogP contribution in [0.3, 0.4) is 0 Å². The van der Waals surface area contributed by atoms with E-state index < -0.39 is 0 Å². The lowest BCUT2D eigenvalue weighted by molar-refractivity contribution is 0.247. The lowest BCUT2D eigenvalue weighted by Gasteiger charge is -2.35. The Bertz CT molecular complexity index is 1110. The molecule has 1 fully saturated rings. The van der Waals surface area contributed by atoms with Crippen LogP contribution in [0.25, 0.3) is 5.69 Å². The second-order valence-corrected chi connectivity index (χ2v) is 9.07. The molecule has 1 aromatic carbocycles. The summed E-state index contributed by atoms with van der Waals surface area (Å²) in [5.74, 6) is 0. The largest absolute Gasteiger partial charge is 0.366 e. The number of thiazole rings is 1. The molecule has 30 heavy (non-hydrogen) atoms. The molecular formula is C21H23Cl2N5OS. The Balaban J connectivity index is 1.46. The van der Waals surface area contributed by atoms with E-state index in [0.717, 1.165) is 50.4 Å². The summed E-state index contributed by atoms with van der Waals surface area (Å²) in [5, 5.41) is 8.44. The van der Waals surface area contributed by atoms with Gasteiger partial charge < -0.3 is 4.90 Å². The number of benzene rings is 1. The second-order valence-electron chi connectivity index (χ2n) is 7.34. The van der Waals surface area contributed by atoms with E-state index in [4.69, 9.17) is 23.2 Å². The van der Waals surface area contributed by atoms with Crippen LogP contribution in [0, 0.1) is 6.92 Å². The fourth-order valence-electron chi connectivity index (χ4n) is 3.50. The molecule has 4 rings (SSSR count). The topological polar surface area (TPSA) is 54.3 Å². The minimum Gasteiger partial charge on any atom is -0.366 e. The Labute approximate surface area is 189 Å². The van der Waals surface area contributed by atoms with Gasteiger partial charge in [-0.05, 0) is 31.0 Å². The number of halogens is 2. The standard InChI is InChI=1S/C21H23Cl2N5OS/c1-3-19-25-15(13-30-19)12-26-6-8-27(9-7-26)18-11-24-28(21(29)20(18)23)16-5-4-14(2)17(22)10-16/h4-5,10-11,13H,3,6-9,12H2,1-2H3. The molecule has 1 saturated heterocycles. The molecule has 0 radical (unpaired) electrons. The molecule has 1 aliphatic heterocycles. The molecule has 0 saturated carbocycles. The molecule has 0 N–H and O–H groups in total. The number of aromatic nitrogens is 3. The third-order valence-corrected chi connectivity index (χ3v) is 7.11. The Morgan fingerprint density at radius 1 is 1.17 bits per heavy atom. The monoisotopic (exact) mass is 463 g/mol. The maximum atomic E-state index is 12.8. The van der Waals surface area contributed by atoms with Crippen molar-refractivity contribution in [3.05, 3.63) is 66.4 Å². The van der Waals surface area contributed by atoms with Crippen molar-refractivity contribution in [2.45, 2.75) is 26.8 Å². The SMILES string of the molecule is CCc1nc(CN2CCN(c3cnn(-c4ccc(C)c(Cl)c4)c(=O)c3Cl)CC2)cs1. The smallest absolute Gasteiger partial charge is 0.292 e. The van der Waals surface area contributed by atoms with Gasteiger partial charge in [0.1, 0.15) is 5.02 Å². The highest BCUT2D eigenvalue weighted by Crippen LogP contribution is 2.24. The van der Waals surface area contributed by atoms with E-state index in [1.165, 1.54) is 9.69 Å². The molecule has 0 amide bonds. The highest BCUT2D eigenvalue weighted by atomic mass is 35.5. The van der Waals surface area contributed by atoms with Gasteiger partial charge in [-0.1, -0.05) is 36.2 Å². The quantitative estimate of drug-likeness (QED) is 0.567. The molecule has 9 heteroatoms. The minimum absolute atomic E-state index is 0.183. The van der Waals surface area contributed by atoms with E-state index in [0.29, 0.717) is 16.4 Å². The van der Waals surface area contributed by atoms with Crippen LogP contribution < -0.4 is 10.5 Å². The number of nitrogens with zero attached hydrogens (tertiary/aromatic N) is 5. The maximum absolute atomic E-state index is 12.8. The first-order valence-corrected chi connectivity index (χ1v) is 11.5. The molecule has 158 valence electrons. The van der Waals surface area contributed by atoms with Gasteiger partial charge in [-0.3, -0.25) is 9.69 Å². The molecular weight excluding hydrogens is 441 g/mol. The summed E-state index contributed by atoms with van der Waals surface area (Å²) in [4.78, 5) is 22.0. The van der Waals surface area contributed by atoms with Gasteiger partial charge in [0.2, 0.25) is 0 Å². The zero-order valence-corrected chi connectivity index (χ0v) is 19.3. The van der Waals surface area contributed by atoms with Crippen molar-refractivity contribution in [2.24, 2.45) is 0 Å². The van der Waals surface area contributed by atoms with Gasteiger partial charge in [-0.2, -0.15) is 9.78 Å². The van der Waals surface area contributed by atoms with Crippen LogP contribution in [0.1, 0.15) is 23.2 Å². The Hall–Kier alpha value is -1.93. The van der Waals surface area contributed by atoms with E-state index in [9.17, 15) is 4.79 Å². The van der Waals surface area contributed by atoms with Gasteiger partial charge in [-0.15, -0.1) is 11.3 Å². The zero-order valence-electron chi connectivity index (χ0n) is 16.9. The molecule has 2 aromatic heterocycles. The highest BCUT2D eigenvalue weighted by molar-refractivity contribution is 7.09. The fraction of sp³-hybridized carbons (Fsp3) is 0.381. The average molecular weight is 464 g/mol. The maximum Gasteiger partial charge on any atom is 0.292 e. The molecule has 1 aliphatic rings. The van der Waals surface area contributed by atoms with Crippen LogP contribution in [0.5, 0.6) is 0 Å². The summed E-state index contributed by atoms with van der Waals surface area (Å²) < 4.78 is 1.29. The van der Waals surface area contributed by atoms with E-state index in [2.05, 4.69) is 32.2 Å². The molecule has 3 heterocycles. The lowest BCUT2D eigenvalue weighted by atomic mass is 10.2. The molecule has 6 nitrogen and oxygen atoms in total. The van der Waals surface area contributed by atoms with Gasteiger partial charge in [0.15, 0.2) is 0 Å². The van der Waals surface area contributed by atoms with Gasteiger partial charge in [0.25, 0.3) is 5.56 Å². The molecule has 3 aromatic rings. The van der Waals surface area contributed by atoms with Crippen LogP contribution in [0.4, 0.5) is 5.69 Å². The number of aryl methyl sites for hydroxylation is 2. The molecule has 0 aliphatic carbocycles. The Morgan fingerprint density at radius 2 is 1.93 bits per heavy atom. The zero-order chi connectivity index (χ0) is 21.3. The average Bonchev–Trinajstić information content (AvgIpc) is 3.20. The first kappa shape index (κ1) is 21.3. The van der Waals surface area contributed by atoms with Gasteiger partial charge in [0.05, 0.1) is 28.3 Å². The lowest BCUT2D eigenvalue weighted by Crippen LogP contribution is -2.46. The first-order chi connectivity index (χ1) is 14.5. The number of rotatable bonds is 5. The molecule has 0 unspecified atom stereocenters. The predicted octanol–water partition coefficient (Wildman–Crippen LogP) is 4.19. The molecule has 0 spiro atoms. The van der Waals surface area contributed by atoms with E-state index >= 15 is 0 Å². The van der Waals surface area contributed by atoms with Crippen molar-refractivity contribution in [2.75, 3.05) is 31.1 Å². The normalized spacial score (nSPS) is 15.0. The highest BCUT2D eigenvalue weighted by Gasteiger charge is 2.22. The van der Waals surface area contributed by atoms with Crippen molar-refractivity contribution in [1.82, 2.24) is 19.7 Å². The number of piperazine rings is 1. The summed E-state index contributed by atoms with van der Waals surface area (Å²) in [5.41, 5.74) is 3.01. The Morgan fingerprint density at radius 3 is 2.60 bits per heavy atom. The number of anilines is 1. The summed E-state index contributed by atoms with van der Waals surface area (Å²) in [7, 11) is 0. The van der Waals surface area contributed by atoms with E-state index in [1.807, 2.05) is 19.1 Å². The third kappa shape index (κ3) is 4.39. The molecule has 0 atom stereocenters. The van der Waals surface area contributed by atoms with E-state index in [-0.39, 0.29) is 10.6 Å². The van der Waals surface area contributed by atoms with Crippen molar-refractivity contribution in [3.8, 4) is 5.69 Å². The van der Waals surface area contributed by atoms with Crippen molar-refractivity contribution < 1.29 is 0 Å². The number of hydrogen-bond acceptors (Lipinski definition) is 6.